The molecule has 0 radical (unpaired) electrons. The van der Waals surface area contributed by atoms with Crippen LogP contribution in [0.2, 0.25) is 0 Å². The van der Waals surface area contributed by atoms with Crippen molar-refractivity contribution in [2.75, 3.05) is 6.61 Å². The molecular weight excluding hydrogens is 434 g/mol. The molecule has 4 heteroatoms. The van der Waals surface area contributed by atoms with Crippen LogP contribution in [-0.4, -0.2) is 35.0 Å². The Hall–Kier alpha value is -1.03. The Morgan fingerprint density at radius 1 is 0.886 bits per heavy atom. The lowest BCUT2D eigenvalue weighted by atomic mass is 9.85. The summed E-state index contributed by atoms with van der Waals surface area (Å²) in [6, 6.07) is 0.0740. The van der Waals surface area contributed by atoms with Crippen LogP contribution in [0.5, 0.6) is 0 Å². The van der Waals surface area contributed by atoms with Gasteiger partial charge in [-0.2, -0.15) is 0 Å². The Morgan fingerprint density at radius 3 is 1.94 bits per heavy atom. The first-order valence-electron chi connectivity index (χ1n) is 15.0. The van der Waals surface area contributed by atoms with Crippen molar-refractivity contribution < 1.29 is 14.3 Å². The SMILES string of the molecule is CCCCCCCCCCCCCCC1=C(CC2COC(C)(C)N2C(=O)OC(C)(C)C)CCCC1. The van der Waals surface area contributed by atoms with Gasteiger partial charge in [-0.15, -0.1) is 0 Å². The van der Waals surface area contributed by atoms with Crippen LogP contribution < -0.4 is 0 Å². The first-order chi connectivity index (χ1) is 16.6. The Balaban J connectivity index is 1.76. The van der Waals surface area contributed by atoms with Crippen molar-refractivity contribution in [3.05, 3.63) is 11.1 Å². The fraction of sp³-hybridized carbons (Fsp3) is 0.903. The maximum Gasteiger partial charge on any atom is 0.412 e. The third-order valence-corrected chi connectivity index (χ3v) is 7.69. The number of nitrogens with zero attached hydrogens (tertiary/aromatic N) is 1. The monoisotopic (exact) mass is 491 g/mol. The molecule has 2 rings (SSSR count). The van der Waals surface area contributed by atoms with E-state index in [0.717, 1.165) is 6.42 Å². The van der Waals surface area contributed by atoms with Crippen LogP contribution in [0.3, 0.4) is 0 Å². The van der Waals surface area contributed by atoms with Gasteiger partial charge in [0, 0.05) is 0 Å². The van der Waals surface area contributed by atoms with Crippen LogP contribution >= 0.6 is 0 Å². The van der Waals surface area contributed by atoms with Crippen molar-refractivity contribution in [3.8, 4) is 0 Å². The number of amides is 1. The minimum Gasteiger partial charge on any atom is -0.444 e. The van der Waals surface area contributed by atoms with Crippen LogP contribution in [0.1, 0.15) is 157 Å². The molecule has 1 aliphatic carbocycles. The molecule has 1 unspecified atom stereocenters. The minimum atomic E-state index is -0.613. The summed E-state index contributed by atoms with van der Waals surface area (Å²) in [6.45, 7) is 12.7. The lowest BCUT2D eigenvalue weighted by molar-refractivity contribution is -0.0624. The van der Waals surface area contributed by atoms with E-state index in [1.165, 1.54) is 109 Å². The highest BCUT2D eigenvalue weighted by molar-refractivity contribution is 5.69. The van der Waals surface area contributed by atoms with Gasteiger partial charge in [0.05, 0.1) is 12.6 Å². The highest BCUT2D eigenvalue weighted by atomic mass is 16.6. The molecule has 35 heavy (non-hydrogen) atoms. The molecule has 1 amide bonds. The van der Waals surface area contributed by atoms with Crippen LogP contribution in [0.15, 0.2) is 11.1 Å². The molecule has 0 aromatic rings. The van der Waals surface area contributed by atoms with Gasteiger partial charge in [0.1, 0.15) is 11.3 Å². The molecule has 0 spiro atoms. The van der Waals surface area contributed by atoms with E-state index >= 15 is 0 Å². The third-order valence-electron chi connectivity index (χ3n) is 7.69. The van der Waals surface area contributed by atoms with E-state index in [0.29, 0.717) is 6.61 Å². The number of allylic oxidation sites excluding steroid dienone is 1. The summed E-state index contributed by atoms with van der Waals surface area (Å²) in [4.78, 5) is 14.9. The van der Waals surface area contributed by atoms with Gasteiger partial charge >= 0.3 is 6.09 Å². The van der Waals surface area contributed by atoms with E-state index in [1.807, 2.05) is 39.5 Å². The van der Waals surface area contributed by atoms with Crippen molar-refractivity contribution >= 4 is 6.09 Å². The number of carbonyl (C=O) groups excluding carboxylic acids is 1. The summed E-state index contributed by atoms with van der Waals surface area (Å²) in [5, 5.41) is 0. The summed E-state index contributed by atoms with van der Waals surface area (Å²) in [7, 11) is 0. The first-order valence-corrected chi connectivity index (χ1v) is 15.0. The zero-order chi connectivity index (χ0) is 25.7. The highest BCUT2D eigenvalue weighted by Gasteiger charge is 2.45. The van der Waals surface area contributed by atoms with Crippen LogP contribution in [0, 0.1) is 0 Å². The van der Waals surface area contributed by atoms with E-state index in [1.54, 1.807) is 11.1 Å². The second-order valence-corrected chi connectivity index (χ2v) is 12.5. The summed E-state index contributed by atoms with van der Waals surface area (Å²) in [5.41, 5.74) is 2.17. The number of rotatable bonds is 15. The molecule has 0 aromatic carbocycles. The van der Waals surface area contributed by atoms with Gasteiger partial charge in [-0.1, -0.05) is 88.7 Å². The predicted octanol–water partition coefficient (Wildman–Crippen LogP) is 9.71. The second-order valence-electron chi connectivity index (χ2n) is 12.5. The van der Waals surface area contributed by atoms with Gasteiger partial charge < -0.3 is 9.47 Å². The van der Waals surface area contributed by atoms with Crippen molar-refractivity contribution in [2.45, 2.75) is 174 Å². The van der Waals surface area contributed by atoms with E-state index in [-0.39, 0.29) is 12.1 Å². The van der Waals surface area contributed by atoms with Gasteiger partial charge in [0.2, 0.25) is 0 Å². The van der Waals surface area contributed by atoms with Crippen molar-refractivity contribution in [3.63, 3.8) is 0 Å². The number of carbonyl (C=O) groups is 1. The Kier molecular flexibility index (Phi) is 13.2. The van der Waals surface area contributed by atoms with Crippen LogP contribution in [0.4, 0.5) is 4.79 Å². The van der Waals surface area contributed by atoms with E-state index in [4.69, 9.17) is 9.47 Å². The van der Waals surface area contributed by atoms with Crippen molar-refractivity contribution in [2.24, 2.45) is 0 Å². The van der Waals surface area contributed by atoms with Crippen LogP contribution in [0.25, 0.3) is 0 Å². The summed E-state index contributed by atoms with van der Waals surface area (Å²) in [6.07, 6.45) is 23.8. The normalized spacial score (nSPS) is 20.5. The molecule has 0 aromatic heterocycles. The second kappa shape index (κ2) is 15.3. The average molecular weight is 492 g/mol. The average Bonchev–Trinajstić information content (AvgIpc) is 3.08. The van der Waals surface area contributed by atoms with Gasteiger partial charge in [-0.05, 0) is 79.6 Å². The van der Waals surface area contributed by atoms with Gasteiger partial charge in [-0.3, -0.25) is 4.90 Å². The quantitative estimate of drug-likeness (QED) is 0.169. The molecule has 1 saturated heterocycles. The minimum absolute atomic E-state index is 0.0740. The van der Waals surface area contributed by atoms with Gasteiger partial charge in [0.15, 0.2) is 0 Å². The topological polar surface area (TPSA) is 38.8 Å². The maximum absolute atomic E-state index is 13.0. The molecular formula is C31H57NO3. The van der Waals surface area contributed by atoms with Gasteiger partial charge in [-0.25, -0.2) is 4.79 Å². The highest BCUT2D eigenvalue weighted by Crippen LogP contribution is 2.37. The predicted molar refractivity (Wildman–Crippen MR) is 148 cm³/mol. The zero-order valence-electron chi connectivity index (χ0n) is 24.2. The lowest BCUT2D eigenvalue weighted by Gasteiger charge is -2.36. The number of hydrogen-bond acceptors (Lipinski definition) is 3. The summed E-state index contributed by atoms with van der Waals surface area (Å²) < 4.78 is 11.8. The largest absolute Gasteiger partial charge is 0.444 e. The smallest absolute Gasteiger partial charge is 0.412 e. The standard InChI is InChI=1S/C31H57NO3/c1-7-8-9-10-11-12-13-14-15-16-17-18-21-26-22-19-20-23-27(26)24-28-25-34-31(5,6)32(28)29(33)35-30(2,3)4/h28H,7-25H2,1-6H3. The molecule has 204 valence electrons. The lowest BCUT2D eigenvalue weighted by Crippen LogP contribution is -2.50. The molecule has 1 aliphatic heterocycles. The van der Waals surface area contributed by atoms with Gasteiger partial charge in [0.25, 0.3) is 0 Å². The Bertz CT molecular complexity index is 646. The molecule has 2 aliphatic rings. The van der Waals surface area contributed by atoms with E-state index in [9.17, 15) is 4.79 Å². The Labute approximate surface area is 217 Å². The summed E-state index contributed by atoms with van der Waals surface area (Å²) >= 11 is 0. The maximum atomic E-state index is 13.0. The number of hydrogen-bond donors (Lipinski definition) is 0. The van der Waals surface area contributed by atoms with Crippen molar-refractivity contribution in [1.29, 1.82) is 0 Å². The third kappa shape index (κ3) is 11.3. The molecule has 1 fully saturated rings. The van der Waals surface area contributed by atoms with E-state index in [2.05, 4.69) is 6.92 Å². The fourth-order valence-electron chi connectivity index (χ4n) is 5.76. The molecule has 0 saturated carbocycles. The number of ether oxygens (including phenoxy) is 2. The van der Waals surface area contributed by atoms with Crippen molar-refractivity contribution in [1.82, 2.24) is 4.90 Å². The molecule has 0 N–H and O–H groups in total. The molecule has 1 heterocycles. The van der Waals surface area contributed by atoms with E-state index < -0.39 is 11.3 Å². The fourth-order valence-corrected chi connectivity index (χ4v) is 5.76. The molecule has 0 bridgehead atoms. The Morgan fingerprint density at radius 2 is 1.40 bits per heavy atom. The molecule has 1 atom stereocenters. The number of unbranched alkanes of at least 4 members (excludes halogenated alkanes) is 11. The first kappa shape index (κ1) is 30.2. The summed E-state index contributed by atoms with van der Waals surface area (Å²) in [5.74, 6) is 0. The zero-order valence-corrected chi connectivity index (χ0v) is 24.2. The molecule has 4 nitrogen and oxygen atoms in total. The van der Waals surface area contributed by atoms with Crippen LogP contribution in [-0.2, 0) is 9.47 Å².